The maximum Gasteiger partial charge on any atom is 0.305 e. The number of carbonyl (C=O) groups is 10. The standard InChI is InChI=1S/C43H64N12O11/c1-23(2)19-28-38(62)48-24(3)36(60)53-30(20-26-11-6-5-7-12-26)41(65)55-18-10-15-32(55)42(66)54-17-9-14-31(54)40(64)49-25(4)35(59)51-27(13-8-16-46-43(44)45)37(61)47-22-33(56)50-29(21-34(57)58)39(63)52-28/h5-7,11-12,23-25,27-32H,8-10,13-22H2,1-4H3,(H,47,61)(H,48,62)(H,49,64)(H,50,56)(H,51,59)(H,52,63)(H,53,60)(H,57,58)(H4,44,45,46)/t24-,25-,27-,28-,29-,30-,31-,32+/m0/s1. The number of carboxylic acids is 1. The maximum absolute atomic E-state index is 14.5. The second-order valence-corrected chi connectivity index (χ2v) is 17.2. The molecule has 0 aliphatic carbocycles. The number of carbonyl (C=O) groups excluding carboxylic acids is 9. The first-order chi connectivity index (χ1) is 31.2. The third kappa shape index (κ3) is 15.1. The molecule has 1 aromatic carbocycles. The van der Waals surface area contributed by atoms with E-state index in [9.17, 15) is 53.1 Å². The normalized spacial score (nSPS) is 27.0. The molecule has 23 nitrogen and oxygen atoms in total. The van der Waals surface area contributed by atoms with E-state index in [0.717, 1.165) is 0 Å². The van der Waals surface area contributed by atoms with Crippen molar-refractivity contribution in [3.05, 3.63) is 35.9 Å². The lowest BCUT2D eigenvalue weighted by molar-refractivity contribution is -0.148. The van der Waals surface area contributed by atoms with Gasteiger partial charge in [0.1, 0.15) is 48.3 Å². The molecule has 0 spiro atoms. The SMILES string of the molecule is CC(C)C[C@@H]1NC(=O)[C@H](CC(=O)O)NC(=O)CNC(=O)[C@H](CCCN=C(N)N)NC(=O)[C@H](C)NC(=O)[C@@H]2CCCN2C(=O)[C@H]2CCCN2C(=O)[C@H](Cc2ccccc2)NC(=O)[C@H](C)NC1=O. The van der Waals surface area contributed by atoms with Crippen LogP contribution in [0.4, 0.5) is 0 Å². The van der Waals surface area contributed by atoms with Crippen LogP contribution in [0.2, 0.25) is 0 Å². The highest BCUT2D eigenvalue weighted by atomic mass is 16.4. The average Bonchev–Trinajstić information content (AvgIpc) is 3.96. The molecule has 3 fully saturated rings. The predicted octanol–water partition coefficient (Wildman–Crippen LogP) is -3.14. The average molecular weight is 925 g/mol. The molecule has 0 bridgehead atoms. The first-order valence-electron chi connectivity index (χ1n) is 22.3. The number of benzene rings is 1. The van der Waals surface area contributed by atoms with Crippen molar-refractivity contribution in [2.24, 2.45) is 22.4 Å². The van der Waals surface area contributed by atoms with E-state index in [1.54, 1.807) is 44.2 Å². The van der Waals surface area contributed by atoms with Crippen LogP contribution in [0, 0.1) is 5.92 Å². The quantitative estimate of drug-likeness (QED) is 0.0631. The summed E-state index contributed by atoms with van der Waals surface area (Å²) in [6.07, 6.45) is 0.784. The van der Waals surface area contributed by atoms with Crippen molar-refractivity contribution in [2.45, 2.75) is 134 Å². The van der Waals surface area contributed by atoms with Crippen molar-refractivity contribution in [3.63, 3.8) is 0 Å². The summed E-state index contributed by atoms with van der Waals surface area (Å²) in [6, 6.07) is -1.11. The molecule has 66 heavy (non-hydrogen) atoms. The van der Waals surface area contributed by atoms with Crippen LogP contribution in [0.1, 0.15) is 84.6 Å². The van der Waals surface area contributed by atoms with Crippen LogP contribution in [-0.2, 0) is 54.4 Å². The van der Waals surface area contributed by atoms with Gasteiger partial charge in [-0.1, -0.05) is 44.2 Å². The van der Waals surface area contributed by atoms with Crippen LogP contribution in [0.25, 0.3) is 0 Å². The number of rotatable bonds is 10. The Bertz CT molecular complexity index is 2000. The van der Waals surface area contributed by atoms with Crippen LogP contribution in [0.15, 0.2) is 35.3 Å². The first kappa shape index (κ1) is 51.8. The van der Waals surface area contributed by atoms with E-state index in [2.05, 4.69) is 42.2 Å². The number of fused-ring (bicyclic) bond motifs is 2. The van der Waals surface area contributed by atoms with E-state index in [-0.39, 0.29) is 70.0 Å². The number of nitrogens with two attached hydrogens (primary N) is 2. The zero-order chi connectivity index (χ0) is 48.7. The first-order valence-corrected chi connectivity index (χ1v) is 22.3. The third-order valence-electron chi connectivity index (χ3n) is 11.4. The molecule has 0 radical (unpaired) electrons. The summed E-state index contributed by atoms with van der Waals surface area (Å²) in [5.41, 5.74) is 11.5. The fraction of sp³-hybridized carbons (Fsp3) is 0.605. The van der Waals surface area contributed by atoms with Gasteiger partial charge in [0.2, 0.25) is 53.2 Å². The lowest BCUT2D eigenvalue weighted by Gasteiger charge is -2.33. The largest absolute Gasteiger partial charge is 0.481 e. The molecule has 8 atom stereocenters. The van der Waals surface area contributed by atoms with Gasteiger partial charge in [0.05, 0.1) is 13.0 Å². The highest BCUT2D eigenvalue weighted by Gasteiger charge is 2.44. The zero-order valence-corrected chi connectivity index (χ0v) is 37.8. The summed E-state index contributed by atoms with van der Waals surface area (Å²) < 4.78 is 0. The summed E-state index contributed by atoms with van der Waals surface area (Å²) in [7, 11) is 0. The molecule has 1 aromatic rings. The minimum atomic E-state index is -1.72. The number of aliphatic imine (C=N–C) groups is 1. The molecule has 0 aromatic heterocycles. The summed E-state index contributed by atoms with van der Waals surface area (Å²) >= 11 is 0. The number of guanidine groups is 1. The van der Waals surface area contributed by atoms with Crippen molar-refractivity contribution in [1.29, 1.82) is 0 Å². The number of nitrogens with one attached hydrogen (secondary N) is 7. The minimum Gasteiger partial charge on any atom is -0.481 e. The van der Waals surface area contributed by atoms with Gasteiger partial charge in [0, 0.05) is 26.1 Å². The van der Waals surface area contributed by atoms with E-state index in [1.165, 1.54) is 23.6 Å². The van der Waals surface area contributed by atoms with Gasteiger partial charge in [-0.25, -0.2) is 0 Å². The molecule has 9 amide bonds. The molecule has 4 rings (SSSR count). The zero-order valence-electron chi connectivity index (χ0n) is 37.8. The Hall–Kier alpha value is -6.81. The second kappa shape index (κ2) is 24.5. The van der Waals surface area contributed by atoms with Crippen LogP contribution >= 0.6 is 0 Å². The molecule has 3 saturated heterocycles. The maximum atomic E-state index is 14.5. The van der Waals surface area contributed by atoms with Gasteiger partial charge < -0.3 is 63.6 Å². The lowest BCUT2D eigenvalue weighted by Crippen LogP contribution is -2.59. The molecule has 12 N–H and O–H groups in total. The Kier molecular flexibility index (Phi) is 19.2. The lowest BCUT2D eigenvalue weighted by atomic mass is 10.0. The van der Waals surface area contributed by atoms with E-state index in [0.29, 0.717) is 18.4 Å². The highest BCUT2D eigenvalue weighted by Crippen LogP contribution is 2.26. The van der Waals surface area contributed by atoms with Gasteiger partial charge in [-0.3, -0.25) is 52.9 Å². The van der Waals surface area contributed by atoms with E-state index < -0.39 is 120 Å². The molecule has 3 heterocycles. The van der Waals surface area contributed by atoms with Crippen molar-refractivity contribution >= 4 is 65.1 Å². The molecule has 0 saturated carbocycles. The van der Waals surface area contributed by atoms with Crippen molar-refractivity contribution in [1.82, 2.24) is 47.0 Å². The van der Waals surface area contributed by atoms with E-state index in [4.69, 9.17) is 11.5 Å². The van der Waals surface area contributed by atoms with Gasteiger partial charge in [0.25, 0.3) is 0 Å². The summed E-state index contributed by atoms with van der Waals surface area (Å²) in [5.74, 6) is -8.78. The van der Waals surface area contributed by atoms with E-state index >= 15 is 0 Å². The van der Waals surface area contributed by atoms with Gasteiger partial charge in [0.15, 0.2) is 5.96 Å². The molecular formula is C43H64N12O11. The number of aliphatic carboxylic acids is 1. The van der Waals surface area contributed by atoms with Crippen LogP contribution < -0.4 is 48.7 Å². The molecule has 362 valence electrons. The minimum absolute atomic E-state index is 0.0269. The second-order valence-electron chi connectivity index (χ2n) is 17.2. The summed E-state index contributed by atoms with van der Waals surface area (Å²) in [5, 5.41) is 27.2. The van der Waals surface area contributed by atoms with Gasteiger partial charge in [-0.05, 0) is 70.3 Å². The molecule has 3 aliphatic heterocycles. The van der Waals surface area contributed by atoms with Gasteiger partial charge in [-0.15, -0.1) is 0 Å². The number of carboxylic acid groups (broad SMARTS) is 1. The fourth-order valence-corrected chi connectivity index (χ4v) is 8.05. The molecule has 23 heteroatoms. The summed E-state index contributed by atoms with van der Waals surface area (Å²) in [4.78, 5) is 142. The molecule has 0 unspecified atom stereocenters. The van der Waals surface area contributed by atoms with Crippen LogP contribution in [0.3, 0.4) is 0 Å². The van der Waals surface area contributed by atoms with Gasteiger partial charge >= 0.3 is 5.97 Å². The Labute approximate surface area is 382 Å². The van der Waals surface area contributed by atoms with Crippen LogP contribution in [-0.4, -0.2) is 155 Å². The Morgan fingerprint density at radius 3 is 1.86 bits per heavy atom. The Balaban J connectivity index is 1.69. The number of hydrogen-bond donors (Lipinski definition) is 10. The predicted molar refractivity (Wildman–Crippen MR) is 237 cm³/mol. The van der Waals surface area contributed by atoms with Gasteiger partial charge in [-0.2, -0.15) is 0 Å². The molecule has 3 aliphatic rings. The van der Waals surface area contributed by atoms with Crippen LogP contribution in [0.5, 0.6) is 0 Å². The van der Waals surface area contributed by atoms with E-state index in [1.807, 2.05) is 0 Å². The Morgan fingerprint density at radius 2 is 1.26 bits per heavy atom. The number of hydrogen-bond acceptors (Lipinski definition) is 11. The smallest absolute Gasteiger partial charge is 0.305 e. The number of amides is 9. The number of nitrogens with zero attached hydrogens (tertiary/aromatic N) is 3. The topological polar surface area (TPSA) is 346 Å². The summed E-state index contributed by atoms with van der Waals surface area (Å²) in [6.45, 7) is 5.98. The van der Waals surface area contributed by atoms with Crippen molar-refractivity contribution < 1.29 is 53.1 Å². The monoisotopic (exact) mass is 924 g/mol. The molecular weight excluding hydrogens is 861 g/mol. The Morgan fingerprint density at radius 1 is 0.697 bits per heavy atom. The van der Waals surface area contributed by atoms with Crippen molar-refractivity contribution in [3.8, 4) is 0 Å². The fourth-order valence-electron chi connectivity index (χ4n) is 8.05. The van der Waals surface area contributed by atoms with Crippen molar-refractivity contribution in [2.75, 3.05) is 26.2 Å². The highest BCUT2D eigenvalue weighted by molar-refractivity contribution is 5.99. The third-order valence-corrected chi connectivity index (χ3v) is 11.4.